The molecule has 5 nitrogen and oxygen atoms in total. The predicted octanol–water partition coefficient (Wildman–Crippen LogP) is 3.65. The Morgan fingerprint density at radius 3 is 2.64 bits per heavy atom. The van der Waals surface area contributed by atoms with Crippen molar-refractivity contribution in [2.75, 3.05) is 10.6 Å². The van der Waals surface area contributed by atoms with Gasteiger partial charge in [-0.3, -0.25) is 9.78 Å². The van der Waals surface area contributed by atoms with Gasteiger partial charge < -0.3 is 10.6 Å². The van der Waals surface area contributed by atoms with Crippen molar-refractivity contribution in [3.05, 3.63) is 47.4 Å². The number of nitrogens with one attached hydrogen (secondary N) is 2. The van der Waals surface area contributed by atoms with Crippen molar-refractivity contribution in [2.45, 2.75) is 25.8 Å². The van der Waals surface area contributed by atoms with E-state index in [0.29, 0.717) is 11.0 Å². The Morgan fingerprint density at radius 2 is 2.00 bits per heavy atom. The molecule has 22 heavy (non-hydrogen) atoms. The number of benzene rings is 1. The van der Waals surface area contributed by atoms with E-state index in [-0.39, 0.29) is 17.9 Å². The molecule has 1 amide bonds. The van der Waals surface area contributed by atoms with E-state index in [1.54, 1.807) is 6.20 Å². The highest BCUT2D eigenvalue weighted by Gasteiger charge is 2.29. The van der Waals surface area contributed by atoms with Crippen LogP contribution >= 0.6 is 11.6 Å². The van der Waals surface area contributed by atoms with Gasteiger partial charge in [0.15, 0.2) is 0 Å². The summed E-state index contributed by atoms with van der Waals surface area (Å²) in [4.78, 5) is 19.9. The second-order valence-corrected chi connectivity index (χ2v) is 5.87. The van der Waals surface area contributed by atoms with E-state index < -0.39 is 0 Å². The van der Waals surface area contributed by atoms with Crippen LogP contribution in [0.2, 0.25) is 5.15 Å². The molecule has 1 aliphatic rings. The Morgan fingerprint density at radius 1 is 1.27 bits per heavy atom. The van der Waals surface area contributed by atoms with Crippen LogP contribution in [0.15, 0.2) is 36.7 Å². The van der Waals surface area contributed by atoms with Gasteiger partial charge in [-0.1, -0.05) is 23.7 Å². The Bertz CT molecular complexity index is 670. The van der Waals surface area contributed by atoms with Gasteiger partial charge in [0.1, 0.15) is 11.0 Å². The standard InChI is InChI=1S/C16H17ClN4O/c1-10(19-15-9-18-8-14(17)21-15)11-4-6-13(7-5-11)20-16(22)12-2-3-12/h4-10,12H,2-3H2,1H3,(H,19,21)(H,20,22). The zero-order valence-electron chi connectivity index (χ0n) is 12.2. The molecule has 0 spiro atoms. The topological polar surface area (TPSA) is 66.9 Å². The van der Waals surface area contributed by atoms with Crippen molar-refractivity contribution in [1.29, 1.82) is 0 Å². The summed E-state index contributed by atoms with van der Waals surface area (Å²) in [5.41, 5.74) is 1.92. The van der Waals surface area contributed by atoms with Gasteiger partial charge in [0.25, 0.3) is 0 Å². The van der Waals surface area contributed by atoms with Crippen molar-refractivity contribution >= 4 is 29.0 Å². The van der Waals surface area contributed by atoms with Crippen molar-refractivity contribution < 1.29 is 4.79 Å². The average molecular weight is 317 g/mol. The second kappa shape index (κ2) is 6.32. The molecule has 1 fully saturated rings. The van der Waals surface area contributed by atoms with Crippen LogP contribution in [0.1, 0.15) is 31.4 Å². The van der Waals surface area contributed by atoms with Gasteiger partial charge >= 0.3 is 0 Å². The Hall–Kier alpha value is -2.14. The fraction of sp³-hybridized carbons (Fsp3) is 0.312. The van der Waals surface area contributed by atoms with Gasteiger partial charge in [-0.25, -0.2) is 4.98 Å². The van der Waals surface area contributed by atoms with E-state index in [2.05, 4.69) is 20.6 Å². The van der Waals surface area contributed by atoms with E-state index in [0.717, 1.165) is 24.1 Å². The van der Waals surface area contributed by atoms with Crippen LogP contribution in [0, 0.1) is 5.92 Å². The average Bonchev–Trinajstić information content (AvgIpc) is 3.32. The summed E-state index contributed by atoms with van der Waals surface area (Å²) >= 11 is 5.82. The minimum Gasteiger partial charge on any atom is -0.362 e. The molecule has 2 aromatic rings. The molecule has 1 aliphatic carbocycles. The van der Waals surface area contributed by atoms with E-state index in [4.69, 9.17) is 11.6 Å². The highest BCUT2D eigenvalue weighted by Crippen LogP contribution is 2.30. The number of amides is 1. The Kier molecular flexibility index (Phi) is 4.24. The van der Waals surface area contributed by atoms with Gasteiger partial charge in [0.2, 0.25) is 5.91 Å². The van der Waals surface area contributed by atoms with E-state index in [9.17, 15) is 4.79 Å². The molecular weight excluding hydrogens is 300 g/mol. The summed E-state index contributed by atoms with van der Waals surface area (Å²) in [6, 6.07) is 7.85. The van der Waals surface area contributed by atoms with Crippen LogP contribution in [-0.2, 0) is 4.79 Å². The Balaban J connectivity index is 1.62. The minimum atomic E-state index is 0.0564. The summed E-state index contributed by atoms with van der Waals surface area (Å²) in [5.74, 6) is 0.959. The quantitative estimate of drug-likeness (QED) is 0.883. The third-order valence-electron chi connectivity index (χ3n) is 3.60. The van der Waals surface area contributed by atoms with Gasteiger partial charge in [-0.05, 0) is 37.5 Å². The molecule has 1 unspecified atom stereocenters. The molecule has 1 atom stereocenters. The van der Waals surface area contributed by atoms with Crippen LogP contribution in [0.3, 0.4) is 0 Å². The molecule has 1 aromatic heterocycles. The lowest BCUT2D eigenvalue weighted by atomic mass is 10.1. The first-order valence-corrected chi connectivity index (χ1v) is 7.64. The SMILES string of the molecule is CC(Nc1cncc(Cl)n1)c1ccc(NC(=O)C2CC2)cc1. The van der Waals surface area contributed by atoms with E-state index in [1.165, 1.54) is 6.20 Å². The fourth-order valence-electron chi connectivity index (χ4n) is 2.16. The van der Waals surface area contributed by atoms with Gasteiger partial charge in [-0.2, -0.15) is 0 Å². The predicted molar refractivity (Wildman–Crippen MR) is 86.9 cm³/mol. The van der Waals surface area contributed by atoms with E-state index in [1.807, 2.05) is 31.2 Å². The molecule has 0 aliphatic heterocycles. The van der Waals surface area contributed by atoms with Crippen LogP contribution in [0.25, 0.3) is 0 Å². The molecule has 1 aromatic carbocycles. The molecular formula is C16H17ClN4O. The van der Waals surface area contributed by atoms with Crippen molar-refractivity contribution in [2.24, 2.45) is 5.92 Å². The van der Waals surface area contributed by atoms with Crippen LogP contribution < -0.4 is 10.6 Å². The van der Waals surface area contributed by atoms with Crippen LogP contribution in [0.5, 0.6) is 0 Å². The first-order chi connectivity index (χ1) is 10.6. The molecule has 114 valence electrons. The number of aromatic nitrogens is 2. The summed E-state index contributed by atoms with van der Waals surface area (Å²) in [6.45, 7) is 2.03. The summed E-state index contributed by atoms with van der Waals surface area (Å²) in [6.07, 6.45) is 5.14. The Labute approximate surface area is 134 Å². The minimum absolute atomic E-state index is 0.0564. The normalized spacial score (nSPS) is 15.2. The lowest BCUT2D eigenvalue weighted by molar-refractivity contribution is -0.117. The number of anilines is 2. The first kappa shape index (κ1) is 14.8. The molecule has 1 saturated carbocycles. The van der Waals surface area contributed by atoms with Crippen molar-refractivity contribution in [3.8, 4) is 0 Å². The number of rotatable bonds is 5. The maximum Gasteiger partial charge on any atom is 0.227 e. The highest BCUT2D eigenvalue weighted by molar-refractivity contribution is 6.29. The molecule has 0 saturated heterocycles. The van der Waals surface area contributed by atoms with Crippen molar-refractivity contribution in [1.82, 2.24) is 9.97 Å². The summed E-state index contributed by atoms with van der Waals surface area (Å²) in [7, 11) is 0. The van der Waals surface area contributed by atoms with Crippen LogP contribution in [0.4, 0.5) is 11.5 Å². The first-order valence-electron chi connectivity index (χ1n) is 7.27. The molecule has 2 N–H and O–H groups in total. The zero-order valence-corrected chi connectivity index (χ0v) is 13.0. The monoisotopic (exact) mass is 316 g/mol. The van der Waals surface area contributed by atoms with Crippen molar-refractivity contribution in [3.63, 3.8) is 0 Å². The lowest BCUT2D eigenvalue weighted by Crippen LogP contribution is -2.13. The van der Waals surface area contributed by atoms with Crippen LogP contribution in [-0.4, -0.2) is 15.9 Å². The maximum atomic E-state index is 11.7. The number of hydrogen-bond acceptors (Lipinski definition) is 4. The molecule has 0 radical (unpaired) electrons. The molecule has 0 bridgehead atoms. The summed E-state index contributed by atoms with van der Waals surface area (Å²) in [5, 5.41) is 6.53. The van der Waals surface area contributed by atoms with Gasteiger partial charge in [0.05, 0.1) is 12.4 Å². The number of hydrogen-bond donors (Lipinski definition) is 2. The van der Waals surface area contributed by atoms with Gasteiger partial charge in [0, 0.05) is 17.6 Å². The number of nitrogens with zero attached hydrogens (tertiary/aromatic N) is 2. The number of carbonyl (C=O) groups is 1. The maximum absolute atomic E-state index is 11.7. The second-order valence-electron chi connectivity index (χ2n) is 5.48. The summed E-state index contributed by atoms with van der Waals surface area (Å²) < 4.78 is 0. The largest absolute Gasteiger partial charge is 0.362 e. The third-order valence-corrected chi connectivity index (χ3v) is 3.78. The number of carbonyl (C=O) groups excluding carboxylic acids is 1. The fourth-order valence-corrected chi connectivity index (χ4v) is 2.31. The smallest absolute Gasteiger partial charge is 0.227 e. The van der Waals surface area contributed by atoms with E-state index >= 15 is 0 Å². The van der Waals surface area contributed by atoms with Gasteiger partial charge in [-0.15, -0.1) is 0 Å². The zero-order chi connectivity index (χ0) is 15.5. The number of halogens is 1. The molecule has 3 rings (SSSR count). The lowest BCUT2D eigenvalue weighted by Gasteiger charge is -2.15. The third kappa shape index (κ3) is 3.74. The highest BCUT2D eigenvalue weighted by atomic mass is 35.5. The molecule has 1 heterocycles. The molecule has 6 heteroatoms.